The zero-order valence-electron chi connectivity index (χ0n) is 9.10. The summed E-state index contributed by atoms with van der Waals surface area (Å²) in [6.07, 6.45) is 0.438. The average molecular weight is 208 g/mol. The predicted octanol–water partition coefficient (Wildman–Crippen LogP) is 1.81. The molecule has 0 atom stereocenters. The van der Waals surface area contributed by atoms with E-state index in [4.69, 9.17) is 9.47 Å². The molecule has 1 aromatic carbocycles. The zero-order chi connectivity index (χ0) is 11.1. The van der Waals surface area contributed by atoms with Gasteiger partial charge in [0.2, 0.25) is 6.29 Å². The Kier molecular flexibility index (Phi) is 5.01. The molecule has 0 aliphatic heterocycles. The monoisotopic (exact) mass is 208 g/mol. The Morgan fingerprint density at radius 2 is 1.80 bits per heavy atom. The molecule has 0 fully saturated rings. The zero-order valence-corrected chi connectivity index (χ0v) is 9.10. The molecule has 82 valence electrons. The smallest absolute Gasteiger partial charge is 0.217 e. The van der Waals surface area contributed by atoms with Crippen LogP contribution in [0.15, 0.2) is 30.3 Å². The molecule has 0 saturated carbocycles. The van der Waals surface area contributed by atoms with Crippen LogP contribution in [-0.4, -0.2) is 26.3 Å². The minimum atomic E-state index is -0.728. The van der Waals surface area contributed by atoms with Crippen LogP contribution in [0, 0.1) is 0 Å². The van der Waals surface area contributed by atoms with E-state index in [1.165, 1.54) is 14.2 Å². The number of ether oxygens (including phenoxy) is 2. The summed E-state index contributed by atoms with van der Waals surface area (Å²) in [4.78, 5) is 11.5. The van der Waals surface area contributed by atoms with Crippen molar-refractivity contribution in [2.24, 2.45) is 0 Å². The molecule has 0 heterocycles. The summed E-state index contributed by atoms with van der Waals surface area (Å²) in [7, 11) is 2.93. The van der Waals surface area contributed by atoms with Crippen LogP contribution >= 0.6 is 0 Å². The fourth-order valence-electron chi connectivity index (χ4n) is 1.39. The van der Waals surface area contributed by atoms with E-state index in [0.29, 0.717) is 6.42 Å². The SMILES string of the molecule is COC(OC)C(=O)CCc1ccccc1. The summed E-state index contributed by atoms with van der Waals surface area (Å²) in [5, 5.41) is 0. The first-order valence-corrected chi connectivity index (χ1v) is 4.90. The maximum Gasteiger partial charge on any atom is 0.217 e. The summed E-state index contributed by atoms with van der Waals surface area (Å²) in [6.45, 7) is 0. The number of aryl methyl sites for hydroxylation is 1. The van der Waals surface area contributed by atoms with Crippen molar-refractivity contribution in [3.63, 3.8) is 0 Å². The van der Waals surface area contributed by atoms with Gasteiger partial charge in [-0.3, -0.25) is 4.79 Å². The summed E-state index contributed by atoms with van der Waals surface area (Å²) in [5.74, 6) is -0.0242. The number of hydrogen-bond acceptors (Lipinski definition) is 3. The largest absolute Gasteiger partial charge is 0.349 e. The first-order chi connectivity index (χ1) is 7.27. The third-order valence-electron chi connectivity index (χ3n) is 2.19. The molecule has 0 amide bonds. The number of Topliss-reactive ketones (excluding diaryl/α,β-unsaturated/α-hetero) is 1. The van der Waals surface area contributed by atoms with Gasteiger partial charge in [-0.1, -0.05) is 30.3 Å². The molecule has 0 aliphatic rings. The van der Waals surface area contributed by atoms with Crippen LogP contribution in [-0.2, 0) is 20.7 Å². The van der Waals surface area contributed by atoms with Crippen LogP contribution in [0.4, 0.5) is 0 Å². The lowest BCUT2D eigenvalue weighted by molar-refractivity contribution is -0.156. The van der Waals surface area contributed by atoms with Gasteiger partial charge in [0, 0.05) is 20.6 Å². The maximum absolute atomic E-state index is 11.5. The molecule has 3 heteroatoms. The number of methoxy groups -OCH3 is 2. The maximum atomic E-state index is 11.5. The van der Waals surface area contributed by atoms with E-state index in [-0.39, 0.29) is 5.78 Å². The Bertz CT molecular complexity index is 291. The van der Waals surface area contributed by atoms with E-state index in [0.717, 1.165) is 12.0 Å². The van der Waals surface area contributed by atoms with E-state index in [1.54, 1.807) is 0 Å². The van der Waals surface area contributed by atoms with E-state index in [1.807, 2.05) is 30.3 Å². The van der Waals surface area contributed by atoms with Gasteiger partial charge in [-0.2, -0.15) is 0 Å². The van der Waals surface area contributed by atoms with Gasteiger partial charge < -0.3 is 9.47 Å². The highest BCUT2D eigenvalue weighted by Gasteiger charge is 2.15. The van der Waals surface area contributed by atoms with Crippen molar-refractivity contribution in [2.45, 2.75) is 19.1 Å². The van der Waals surface area contributed by atoms with Crippen LogP contribution in [0.1, 0.15) is 12.0 Å². The van der Waals surface area contributed by atoms with Gasteiger partial charge in [-0.25, -0.2) is 0 Å². The molecule has 1 aromatic rings. The minimum Gasteiger partial charge on any atom is -0.349 e. The summed E-state index contributed by atoms with van der Waals surface area (Å²) in [5.41, 5.74) is 1.15. The summed E-state index contributed by atoms with van der Waals surface area (Å²) in [6, 6.07) is 9.89. The van der Waals surface area contributed by atoms with Crippen LogP contribution in [0.5, 0.6) is 0 Å². The van der Waals surface area contributed by atoms with Crippen LogP contribution in [0.3, 0.4) is 0 Å². The fourth-order valence-corrected chi connectivity index (χ4v) is 1.39. The van der Waals surface area contributed by atoms with Crippen molar-refractivity contribution < 1.29 is 14.3 Å². The third-order valence-corrected chi connectivity index (χ3v) is 2.19. The molecule has 0 aliphatic carbocycles. The Morgan fingerprint density at radius 1 is 1.20 bits per heavy atom. The van der Waals surface area contributed by atoms with Gasteiger partial charge in [0.05, 0.1) is 0 Å². The third kappa shape index (κ3) is 3.81. The highest BCUT2D eigenvalue weighted by Crippen LogP contribution is 2.05. The lowest BCUT2D eigenvalue weighted by Crippen LogP contribution is -2.25. The van der Waals surface area contributed by atoms with Crippen molar-refractivity contribution in [3.05, 3.63) is 35.9 Å². The number of benzene rings is 1. The quantitative estimate of drug-likeness (QED) is 0.669. The van der Waals surface area contributed by atoms with Crippen LogP contribution in [0.2, 0.25) is 0 Å². The molecule has 0 N–H and O–H groups in total. The average Bonchev–Trinajstić information content (AvgIpc) is 2.29. The summed E-state index contributed by atoms with van der Waals surface area (Å²) >= 11 is 0. The first-order valence-electron chi connectivity index (χ1n) is 4.90. The molecule has 0 spiro atoms. The Hall–Kier alpha value is -1.19. The van der Waals surface area contributed by atoms with E-state index in [9.17, 15) is 4.79 Å². The lowest BCUT2D eigenvalue weighted by Gasteiger charge is -2.11. The van der Waals surface area contributed by atoms with Crippen molar-refractivity contribution in [2.75, 3.05) is 14.2 Å². The van der Waals surface area contributed by atoms with Gasteiger partial charge >= 0.3 is 0 Å². The van der Waals surface area contributed by atoms with Crippen LogP contribution in [0.25, 0.3) is 0 Å². The van der Waals surface area contributed by atoms with Gasteiger partial charge in [0.25, 0.3) is 0 Å². The molecule has 3 nitrogen and oxygen atoms in total. The second kappa shape index (κ2) is 6.32. The van der Waals surface area contributed by atoms with E-state index >= 15 is 0 Å². The van der Waals surface area contributed by atoms with Crippen molar-refractivity contribution in [1.29, 1.82) is 0 Å². The molecule has 0 unspecified atom stereocenters. The standard InChI is InChI=1S/C12H16O3/c1-14-12(15-2)11(13)9-8-10-6-4-3-5-7-10/h3-7,12H,8-9H2,1-2H3. The molecule has 0 aromatic heterocycles. The van der Waals surface area contributed by atoms with Crippen molar-refractivity contribution in [1.82, 2.24) is 0 Å². The van der Waals surface area contributed by atoms with Gasteiger partial charge in [0.15, 0.2) is 5.78 Å². The Labute approximate surface area is 90.0 Å². The molecular weight excluding hydrogens is 192 g/mol. The number of ketones is 1. The number of carbonyl (C=O) groups excluding carboxylic acids is 1. The first kappa shape index (κ1) is 11.9. The highest BCUT2D eigenvalue weighted by atomic mass is 16.7. The van der Waals surface area contributed by atoms with Crippen LogP contribution < -0.4 is 0 Å². The van der Waals surface area contributed by atoms with E-state index in [2.05, 4.69) is 0 Å². The number of carbonyl (C=O) groups is 1. The molecule has 0 radical (unpaired) electrons. The molecule has 15 heavy (non-hydrogen) atoms. The second-order valence-corrected chi connectivity index (χ2v) is 3.26. The minimum absolute atomic E-state index is 0.0242. The number of rotatable bonds is 6. The molecular formula is C12H16O3. The lowest BCUT2D eigenvalue weighted by atomic mass is 10.1. The second-order valence-electron chi connectivity index (χ2n) is 3.26. The molecule has 0 saturated heterocycles. The van der Waals surface area contributed by atoms with Gasteiger partial charge in [0.1, 0.15) is 0 Å². The molecule has 1 rings (SSSR count). The number of hydrogen-bond donors (Lipinski definition) is 0. The Balaban J connectivity index is 2.40. The highest BCUT2D eigenvalue weighted by molar-refractivity contribution is 5.82. The summed E-state index contributed by atoms with van der Waals surface area (Å²) < 4.78 is 9.76. The van der Waals surface area contributed by atoms with Gasteiger partial charge in [-0.05, 0) is 12.0 Å². The van der Waals surface area contributed by atoms with Gasteiger partial charge in [-0.15, -0.1) is 0 Å². The molecule has 0 bridgehead atoms. The van der Waals surface area contributed by atoms with Crippen molar-refractivity contribution >= 4 is 5.78 Å². The van der Waals surface area contributed by atoms with Crippen molar-refractivity contribution in [3.8, 4) is 0 Å². The topological polar surface area (TPSA) is 35.5 Å². The predicted molar refractivity (Wildman–Crippen MR) is 57.6 cm³/mol. The Morgan fingerprint density at radius 3 is 2.33 bits per heavy atom. The fraction of sp³-hybridized carbons (Fsp3) is 0.417. The normalized spacial score (nSPS) is 10.6. The van der Waals surface area contributed by atoms with E-state index < -0.39 is 6.29 Å².